The van der Waals surface area contributed by atoms with Gasteiger partial charge in [0.25, 0.3) is 0 Å². The summed E-state index contributed by atoms with van der Waals surface area (Å²) in [4.78, 5) is 22.3. The van der Waals surface area contributed by atoms with Crippen LogP contribution < -0.4 is 22.1 Å². The highest BCUT2D eigenvalue weighted by Gasteiger charge is 2.25. The van der Waals surface area contributed by atoms with E-state index in [1.54, 1.807) is 0 Å². The van der Waals surface area contributed by atoms with Gasteiger partial charge in [-0.3, -0.25) is 9.59 Å². The Morgan fingerprint density at radius 1 is 1.57 bits per heavy atom. The molecule has 6 heteroatoms. The van der Waals surface area contributed by atoms with Crippen LogP contribution in [0, 0.1) is 0 Å². The van der Waals surface area contributed by atoms with E-state index >= 15 is 0 Å². The van der Waals surface area contributed by atoms with Crippen LogP contribution in [0.1, 0.15) is 12.8 Å². The Morgan fingerprint density at radius 2 is 2.29 bits per heavy atom. The molecule has 0 spiro atoms. The van der Waals surface area contributed by atoms with Crippen LogP contribution >= 0.6 is 0 Å². The van der Waals surface area contributed by atoms with Gasteiger partial charge in [0.1, 0.15) is 6.04 Å². The number of primary amides is 1. The van der Waals surface area contributed by atoms with Crippen molar-refractivity contribution < 1.29 is 9.59 Å². The van der Waals surface area contributed by atoms with Crippen molar-refractivity contribution in [3.05, 3.63) is 0 Å². The van der Waals surface area contributed by atoms with E-state index in [1.165, 1.54) is 0 Å². The number of rotatable bonds is 4. The molecule has 2 amide bonds. The first-order valence-electron chi connectivity index (χ1n) is 4.68. The molecule has 80 valence electrons. The minimum Gasteiger partial charge on any atom is -0.368 e. The van der Waals surface area contributed by atoms with Crippen LogP contribution in [0.25, 0.3) is 0 Å². The maximum atomic E-state index is 11.5. The van der Waals surface area contributed by atoms with Crippen LogP contribution in [0.3, 0.4) is 0 Å². The Hall–Kier alpha value is -1.14. The molecule has 1 rings (SSSR count). The molecule has 1 heterocycles. The molecule has 0 aliphatic carbocycles. The summed E-state index contributed by atoms with van der Waals surface area (Å²) >= 11 is 0. The Labute approximate surface area is 82.4 Å². The fraction of sp³-hybridized carbons (Fsp3) is 0.750. The normalized spacial score (nSPS) is 23.1. The zero-order valence-corrected chi connectivity index (χ0v) is 7.95. The monoisotopic (exact) mass is 200 g/mol. The highest BCUT2D eigenvalue weighted by atomic mass is 16.2. The van der Waals surface area contributed by atoms with Gasteiger partial charge in [0.05, 0.1) is 6.04 Å². The van der Waals surface area contributed by atoms with Crippen LogP contribution in [0.4, 0.5) is 0 Å². The second kappa shape index (κ2) is 4.92. The Balaban J connectivity index is 2.41. The van der Waals surface area contributed by atoms with Crippen LogP contribution in [0.15, 0.2) is 0 Å². The smallest absolute Gasteiger partial charge is 0.241 e. The second-order valence-corrected chi connectivity index (χ2v) is 3.35. The summed E-state index contributed by atoms with van der Waals surface area (Å²) < 4.78 is 0. The highest BCUT2D eigenvalue weighted by molar-refractivity contribution is 5.89. The van der Waals surface area contributed by atoms with Gasteiger partial charge in [-0.1, -0.05) is 0 Å². The third kappa shape index (κ3) is 2.68. The molecule has 2 atom stereocenters. The quantitative estimate of drug-likeness (QED) is 0.408. The van der Waals surface area contributed by atoms with E-state index in [9.17, 15) is 9.59 Å². The van der Waals surface area contributed by atoms with Crippen molar-refractivity contribution in [2.45, 2.75) is 24.9 Å². The van der Waals surface area contributed by atoms with E-state index < -0.39 is 11.9 Å². The molecule has 1 aliphatic heterocycles. The van der Waals surface area contributed by atoms with Gasteiger partial charge in [-0.2, -0.15) is 0 Å². The number of nitrogens with one attached hydrogen (secondary N) is 2. The number of hydrogen-bond donors (Lipinski definition) is 4. The third-order valence-electron chi connectivity index (χ3n) is 2.27. The highest BCUT2D eigenvalue weighted by Crippen LogP contribution is 2.04. The summed E-state index contributed by atoms with van der Waals surface area (Å²) in [5, 5.41) is 5.53. The largest absolute Gasteiger partial charge is 0.368 e. The van der Waals surface area contributed by atoms with E-state index in [-0.39, 0.29) is 18.5 Å². The standard InChI is InChI=1S/C8H16N4O2/c9-4-6(7(10)13)12-8(14)5-2-1-3-11-5/h5-6,11H,1-4,9H2,(H2,10,13)(H,12,14)/t5-,6+/m1/s1. The lowest BCUT2D eigenvalue weighted by atomic mass is 10.2. The van der Waals surface area contributed by atoms with Crippen molar-refractivity contribution in [1.82, 2.24) is 10.6 Å². The number of hydrogen-bond acceptors (Lipinski definition) is 4. The topological polar surface area (TPSA) is 110 Å². The molecule has 0 saturated carbocycles. The van der Waals surface area contributed by atoms with Crippen LogP contribution in [-0.2, 0) is 9.59 Å². The van der Waals surface area contributed by atoms with Crippen molar-refractivity contribution in [3.63, 3.8) is 0 Å². The fourth-order valence-corrected chi connectivity index (χ4v) is 1.43. The molecule has 0 aromatic rings. The van der Waals surface area contributed by atoms with E-state index in [4.69, 9.17) is 11.5 Å². The maximum Gasteiger partial charge on any atom is 0.241 e. The van der Waals surface area contributed by atoms with Gasteiger partial charge in [-0.15, -0.1) is 0 Å². The molecule has 14 heavy (non-hydrogen) atoms. The zero-order chi connectivity index (χ0) is 10.6. The summed E-state index contributed by atoms with van der Waals surface area (Å²) in [6.07, 6.45) is 1.77. The van der Waals surface area contributed by atoms with Gasteiger partial charge in [0.2, 0.25) is 11.8 Å². The number of carbonyl (C=O) groups excluding carboxylic acids is 2. The van der Waals surface area contributed by atoms with Crippen LogP contribution in [0.5, 0.6) is 0 Å². The molecule has 0 aromatic heterocycles. The van der Waals surface area contributed by atoms with E-state index in [0.717, 1.165) is 19.4 Å². The van der Waals surface area contributed by atoms with Gasteiger partial charge >= 0.3 is 0 Å². The van der Waals surface area contributed by atoms with Crippen molar-refractivity contribution in [2.24, 2.45) is 11.5 Å². The van der Waals surface area contributed by atoms with Gasteiger partial charge in [0, 0.05) is 6.54 Å². The SMILES string of the molecule is NC[C@H](NC(=O)[C@H]1CCCN1)C(N)=O. The summed E-state index contributed by atoms with van der Waals surface area (Å²) in [6.45, 7) is 0.871. The number of nitrogens with two attached hydrogens (primary N) is 2. The van der Waals surface area contributed by atoms with E-state index in [0.29, 0.717) is 0 Å². The lowest BCUT2D eigenvalue weighted by molar-refractivity contribution is -0.128. The van der Waals surface area contributed by atoms with Crippen molar-refractivity contribution in [1.29, 1.82) is 0 Å². The molecule has 6 N–H and O–H groups in total. The summed E-state index contributed by atoms with van der Waals surface area (Å²) in [6, 6.07) is -0.965. The summed E-state index contributed by atoms with van der Waals surface area (Å²) in [7, 11) is 0. The second-order valence-electron chi connectivity index (χ2n) is 3.35. The molecular weight excluding hydrogens is 184 g/mol. The van der Waals surface area contributed by atoms with Gasteiger partial charge in [0.15, 0.2) is 0 Å². The molecule has 6 nitrogen and oxygen atoms in total. The summed E-state index contributed by atoms with van der Waals surface area (Å²) in [5.41, 5.74) is 10.3. The average molecular weight is 200 g/mol. The number of carbonyl (C=O) groups is 2. The first-order valence-corrected chi connectivity index (χ1v) is 4.68. The van der Waals surface area contributed by atoms with Crippen molar-refractivity contribution in [3.8, 4) is 0 Å². The van der Waals surface area contributed by atoms with Crippen molar-refractivity contribution >= 4 is 11.8 Å². The lowest BCUT2D eigenvalue weighted by Gasteiger charge is -2.16. The Bertz CT molecular complexity index is 225. The fourth-order valence-electron chi connectivity index (χ4n) is 1.43. The molecule has 0 aromatic carbocycles. The first kappa shape index (κ1) is 10.9. The minimum absolute atomic E-state index is 0.0355. The molecule has 1 aliphatic rings. The molecule has 0 unspecified atom stereocenters. The third-order valence-corrected chi connectivity index (χ3v) is 2.27. The Morgan fingerprint density at radius 3 is 2.71 bits per heavy atom. The maximum absolute atomic E-state index is 11.5. The minimum atomic E-state index is -0.759. The predicted octanol–water partition coefficient (Wildman–Crippen LogP) is -2.33. The zero-order valence-electron chi connectivity index (χ0n) is 7.95. The molecular formula is C8H16N4O2. The lowest BCUT2D eigenvalue weighted by Crippen LogP contribution is -2.53. The van der Waals surface area contributed by atoms with Gasteiger partial charge < -0.3 is 22.1 Å². The number of amides is 2. The average Bonchev–Trinajstić information content (AvgIpc) is 2.65. The summed E-state index contributed by atoms with van der Waals surface area (Å²) in [5.74, 6) is -0.796. The van der Waals surface area contributed by atoms with Crippen molar-refractivity contribution in [2.75, 3.05) is 13.1 Å². The van der Waals surface area contributed by atoms with Gasteiger partial charge in [-0.05, 0) is 19.4 Å². The first-order chi connectivity index (χ1) is 6.65. The molecule has 0 bridgehead atoms. The van der Waals surface area contributed by atoms with Crippen LogP contribution in [0.2, 0.25) is 0 Å². The Kier molecular flexibility index (Phi) is 3.84. The molecule has 0 radical (unpaired) electrons. The predicted molar refractivity (Wildman–Crippen MR) is 51.2 cm³/mol. The molecule has 1 saturated heterocycles. The van der Waals surface area contributed by atoms with E-state index in [2.05, 4.69) is 10.6 Å². The van der Waals surface area contributed by atoms with Gasteiger partial charge in [-0.25, -0.2) is 0 Å². The van der Waals surface area contributed by atoms with Crippen LogP contribution in [-0.4, -0.2) is 37.0 Å². The molecule has 1 fully saturated rings. The van der Waals surface area contributed by atoms with E-state index in [1.807, 2.05) is 0 Å².